The van der Waals surface area contributed by atoms with Gasteiger partial charge in [-0.15, -0.1) is 0 Å². The predicted octanol–water partition coefficient (Wildman–Crippen LogP) is 4.11. The van der Waals surface area contributed by atoms with E-state index in [1.807, 2.05) is 6.92 Å². The van der Waals surface area contributed by atoms with Gasteiger partial charge in [0.1, 0.15) is 0 Å². The molecule has 0 amide bonds. The molecule has 1 N–H and O–H groups in total. The van der Waals surface area contributed by atoms with Crippen LogP contribution in [0.3, 0.4) is 0 Å². The highest BCUT2D eigenvalue weighted by atomic mass is 32.2. The van der Waals surface area contributed by atoms with Crippen LogP contribution in [0.1, 0.15) is 27.5 Å². The zero-order valence-electron chi connectivity index (χ0n) is 16.8. The van der Waals surface area contributed by atoms with Crippen LogP contribution >= 0.6 is 11.3 Å². The summed E-state index contributed by atoms with van der Waals surface area (Å²) >= 11 is 1.32. The van der Waals surface area contributed by atoms with E-state index in [-0.39, 0.29) is 10.5 Å². The Morgan fingerprint density at radius 2 is 1.68 bits per heavy atom. The van der Waals surface area contributed by atoms with Crippen molar-refractivity contribution in [2.75, 3.05) is 7.11 Å². The highest BCUT2D eigenvalue weighted by molar-refractivity contribution is 7.89. The van der Waals surface area contributed by atoms with Crippen LogP contribution < -0.4 is 4.72 Å². The molecule has 2 aromatic carbocycles. The number of ketones is 1. The summed E-state index contributed by atoms with van der Waals surface area (Å²) in [6.07, 6.45) is -2.58. The molecular weight excluding hydrogens is 438 g/mol. The van der Waals surface area contributed by atoms with E-state index in [0.717, 1.165) is 12.7 Å². The molecule has 0 saturated heterocycles. The topological polar surface area (TPSA) is 98.8 Å². The first kappa shape index (κ1) is 22.7. The number of carbonyl (C=O) groups excluding carboxylic acids is 2. The second-order valence-corrected chi connectivity index (χ2v) is 9.19. The van der Waals surface area contributed by atoms with Crippen LogP contribution in [-0.4, -0.2) is 33.6 Å². The van der Waals surface area contributed by atoms with Crippen molar-refractivity contribution >= 4 is 33.3 Å². The molecule has 2 atom stereocenters. The number of methoxy groups -OCH3 is 1. The van der Waals surface area contributed by atoms with Crippen LogP contribution in [0, 0.1) is 6.92 Å². The number of nitrogens with one attached hydrogen (secondary N) is 1. The average Bonchev–Trinajstić information content (AvgIpc) is 3.31. The van der Waals surface area contributed by atoms with E-state index in [0.29, 0.717) is 5.56 Å². The summed E-state index contributed by atoms with van der Waals surface area (Å²) in [5.41, 5.74) is 1.66. The summed E-state index contributed by atoms with van der Waals surface area (Å²) in [6, 6.07) is 15.0. The number of rotatable bonds is 8. The minimum atomic E-state index is -4.04. The molecule has 0 aliphatic carbocycles. The molecule has 0 unspecified atom stereocenters. The first-order valence-corrected chi connectivity index (χ1v) is 11.7. The maximum Gasteiger partial charge on any atom is 0.508 e. The maximum atomic E-state index is 13.2. The largest absolute Gasteiger partial charge is 0.508 e. The first-order chi connectivity index (χ1) is 14.8. The lowest BCUT2D eigenvalue weighted by molar-refractivity contribution is 0.0237. The fourth-order valence-electron chi connectivity index (χ4n) is 2.90. The minimum Gasteiger partial charge on any atom is -0.438 e. The van der Waals surface area contributed by atoms with Crippen molar-refractivity contribution in [1.82, 2.24) is 4.72 Å². The molecule has 3 aromatic rings. The molecule has 0 bridgehead atoms. The number of ether oxygens (including phenoxy) is 2. The van der Waals surface area contributed by atoms with Crippen molar-refractivity contribution in [1.29, 1.82) is 0 Å². The van der Waals surface area contributed by atoms with E-state index >= 15 is 0 Å². The molecule has 0 fully saturated rings. The van der Waals surface area contributed by atoms with Gasteiger partial charge in [-0.25, -0.2) is 13.2 Å². The molecule has 3 rings (SSSR count). The number of Topliss-reactive ketones (excluding diaryl/α,β-unsaturated/α-hetero) is 1. The van der Waals surface area contributed by atoms with E-state index < -0.39 is 34.1 Å². The van der Waals surface area contributed by atoms with Crippen LogP contribution in [0.2, 0.25) is 0 Å². The normalized spacial score (nSPS) is 13.2. The summed E-state index contributed by atoms with van der Waals surface area (Å²) in [6.45, 7) is 1.84. The number of hydrogen-bond donors (Lipinski definition) is 1. The summed E-state index contributed by atoms with van der Waals surface area (Å²) in [5, 5.41) is 3.43. The molecule has 1 heterocycles. The highest BCUT2D eigenvalue weighted by Crippen LogP contribution is 2.27. The Kier molecular flexibility index (Phi) is 7.21. The zero-order chi connectivity index (χ0) is 22.4. The van der Waals surface area contributed by atoms with Gasteiger partial charge >= 0.3 is 6.16 Å². The van der Waals surface area contributed by atoms with E-state index in [1.165, 1.54) is 23.5 Å². The van der Waals surface area contributed by atoms with Crippen molar-refractivity contribution in [2.45, 2.75) is 24.0 Å². The van der Waals surface area contributed by atoms with Gasteiger partial charge in [0.05, 0.1) is 18.0 Å². The number of benzene rings is 2. The third kappa shape index (κ3) is 5.57. The predicted molar refractivity (Wildman–Crippen MR) is 117 cm³/mol. The molecule has 162 valence electrons. The molecule has 0 spiro atoms. The van der Waals surface area contributed by atoms with Crippen LogP contribution in [-0.2, 0) is 19.5 Å². The third-order valence-electron chi connectivity index (χ3n) is 4.53. The molecule has 31 heavy (non-hydrogen) atoms. The Balaban J connectivity index is 2.04. The van der Waals surface area contributed by atoms with Gasteiger partial charge < -0.3 is 9.47 Å². The monoisotopic (exact) mass is 459 g/mol. The Morgan fingerprint density at radius 3 is 2.26 bits per heavy atom. The highest BCUT2D eigenvalue weighted by Gasteiger charge is 2.37. The summed E-state index contributed by atoms with van der Waals surface area (Å²) in [7, 11) is -2.92. The van der Waals surface area contributed by atoms with Crippen LogP contribution in [0.5, 0.6) is 0 Å². The van der Waals surface area contributed by atoms with E-state index in [2.05, 4.69) is 9.46 Å². The molecular formula is C22H21NO6S2. The number of sulfonamides is 1. The fourth-order valence-corrected chi connectivity index (χ4v) is 4.82. The van der Waals surface area contributed by atoms with Crippen molar-refractivity contribution in [3.05, 3.63) is 88.1 Å². The molecule has 0 radical (unpaired) electrons. The molecule has 9 heteroatoms. The van der Waals surface area contributed by atoms with Gasteiger partial charge in [0.15, 0.2) is 6.10 Å². The third-order valence-corrected chi connectivity index (χ3v) is 6.68. The van der Waals surface area contributed by atoms with Crippen LogP contribution in [0.25, 0.3) is 0 Å². The zero-order valence-corrected chi connectivity index (χ0v) is 18.5. The van der Waals surface area contributed by atoms with E-state index in [1.54, 1.807) is 59.3 Å². The lowest BCUT2D eigenvalue weighted by Crippen LogP contribution is -2.43. The van der Waals surface area contributed by atoms with Gasteiger partial charge in [0.2, 0.25) is 15.8 Å². The van der Waals surface area contributed by atoms with Crippen molar-refractivity contribution < 1.29 is 27.5 Å². The number of carbonyl (C=O) groups is 2. The number of aryl methyl sites for hydroxylation is 1. The minimum absolute atomic E-state index is 0.0299. The first-order valence-electron chi connectivity index (χ1n) is 9.27. The lowest BCUT2D eigenvalue weighted by Gasteiger charge is -2.26. The van der Waals surface area contributed by atoms with Crippen molar-refractivity contribution in [3.8, 4) is 0 Å². The summed E-state index contributed by atoms with van der Waals surface area (Å²) in [4.78, 5) is 25.2. The van der Waals surface area contributed by atoms with Gasteiger partial charge in [-0.3, -0.25) is 4.79 Å². The molecule has 0 aliphatic rings. The Labute approximate surface area is 184 Å². The molecule has 1 aromatic heterocycles. The standard InChI is InChI=1S/C22H21NO6S2/c1-15-8-10-18(11-9-15)31(26,27)23-19(17-12-13-30-14-17)21(29-22(25)28-2)20(24)16-6-4-3-5-7-16/h3-14,19,21,23H,1-2H3/t19-,21-/m0/s1. The maximum absolute atomic E-state index is 13.2. The smallest absolute Gasteiger partial charge is 0.438 e. The van der Waals surface area contributed by atoms with Crippen molar-refractivity contribution in [3.63, 3.8) is 0 Å². The number of hydrogen-bond acceptors (Lipinski definition) is 7. The second-order valence-electron chi connectivity index (χ2n) is 6.69. The van der Waals surface area contributed by atoms with Crippen LogP contribution in [0.4, 0.5) is 4.79 Å². The summed E-state index contributed by atoms with van der Waals surface area (Å²) < 4.78 is 38.5. The van der Waals surface area contributed by atoms with Crippen molar-refractivity contribution in [2.24, 2.45) is 0 Å². The Morgan fingerprint density at radius 1 is 1.00 bits per heavy atom. The van der Waals surface area contributed by atoms with Gasteiger partial charge in [-0.2, -0.15) is 16.1 Å². The van der Waals surface area contributed by atoms with E-state index in [9.17, 15) is 18.0 Å². The quantitative estimate of drug-likeness (QED) is 0.402. The van der Waals surface area contributed by atoms with Gasteiger partial charge in [0, 0.05) is 5.56 Å². The van der Waals surface area contributed by atoms with Gasteiger partial charge in [-0.1, -0.05) is 48.0 Å². The Hall–Kier alpha value is -3.01. The molecule has 0 saturated carbocycles. The SMILES string of the molecule is COC(=O)O[C@H](C(=O)c1ccccc1)[C@@H](NS(=O)(=O)c1ccc(C)cc1)c1ccsc1. The average molecular weight is 460 g/mol. The second kappa shape index (κ2) is 9.86. The summed E-state index contributed by atoms with van der Waals surface area (Å²) in [5.74, 6) is -0.561. The lowest BCUT2D eigenvalue weighted by atomic mass is 9.97. The van der Waals surface area contributed by atoms with E-state index in [4.69, 9.17) is 4.74 Å². The fraction of sp³-hybridized carbons (Fsp3) is 0.182. The Bertz CT molecular complexity index is 1130. The molecule has 7 nitrogen and oxygen atoms in total. The number of thiophene rings is 1. The van der Waals surface area contributed by atoms with Gasteiger partial charge in [0.25, 0.3) is 0 Å². The molecule has 0 aliphatic heterocycles. The van der Waals surface area contributed by atoms with Gasteiger partial charge in [-0.05, 0) is 41.4 Å². The van der Waals surface area contributed by atoms with Crippen LogP contribution in [0.15, 0.2) is 76.3 Å².